The fourth-order valence-electron chi connectivity index (χ4n) is 2.68. The van der Waals surface area contributed by atoms with E-state index in [4.69, 9.17) is 9.15 Å². The second kappa shape index (κ2) is 8.89. The van der Waals surface area contributed by atoms with Gasteiger partial charge in [0.1, 0.15) is 17.3 Å². The second-order valence-electron chi connectivity index (χ2n) is 6.44. The number of hydrogen-bond donors (Lipinski definition) is 1. The lowest BCUT2D eigenvalue weighted by molar-refractivity contribution is -0.123. The van der Waals surface area contributed by atoms with Crippen molar-refractivity contribution in [3.05, 3.63) is 75.5 Å². The van der Waals surface area contributed by atoms with Crippen LogP contribution in [-0.4, -0.2) is 18.7 Å². The predicted octanol–water partition coefficient (Wildman–Crippen LogP) is 5.16. The SMILES string of the molecule is Cc1ccc(C)c(OCC(=O)N/N=C/c2ccc(-c3ccc(Br)cc3)o2)c1C. The zero-order valence-corrected chi connectivity index (χ0v) is 17.5. The minimum absolute atomic E-state index is 0.106. The summed E-state index contributed by atoms with van der Waals surface area (Å²) < 4.78 is 12.4. The third kappa shape index (κ3) is 4.89. The molecule has 5 nitrogen and oxygen atoms in total. The number of halogens is 1. The number of benzene rings is 2. The molecule has 0 bridgehead atoms. The molecule has 0 atom stereocenters. The van der Waals surface area contributed by atoms with E-state index in [1.807, 2.05) is 63.2 Å². The van der Waals surface area contributed by atoms with Gasteiger partial charge in [-0.2, -0.15) is 5.10 Å². The molecule has 0 unspecified atom stereocenters. The van der Waals surface area contributed by atoms with Crippen LogP contribution in [0.2, 0.25) is 0 Å². The van der Waals surface area contributed by atoms with Crippen LogP contribution in [0.3, 0.4) is 0 Å². The highest BCUT2D eigenvalue weighted by Gasteiger charge is 2.09. The lowest BCUT2D eigenvalue weighted by Crippen LogP contribution is -2.25. The summed E-state index contributed by atoms with van der Waals surface area (Å²) in [6, 6.07) is 15.5. The molecule has 0 aliphatic heterocycles. The van der Waals surface area contributed by atoms with E-state index in [2.05, 4.69) is 26.5 Å². The Bertz CT molecular complexity index is 1010. The molecule has 0 saturated heterocycles. The number of carbonyl (C=O) groups excluding carboxylic acids is 1. The minimum Gasteiger partial charge on any atom is -0.483 e. The fraction of sp³-hybridized carbons (Fsp3) is 0.182. The molecule has 0 aliphatic carbocycles. The number of amides is 1. The highest BCUT2D eigenvalue weighted by Crippen LogP contribution is 2.25. The molecule has 0 fully saturated rings. The summed E-state index contributed by atoms with van der Waals surface area (Å²) in [6.45, 7) is 5.84. The summed E-state index contributed by atoms with van der Waals surface area (Å²) in [5, 5.41) is 3.93. The Hall–Kier alpha value is -2.86. The average molecular weight is 441 g/mol. The Balaban J connectivity index is 1.54. The summed E-state index contributed by atoms with van der Waals surface area (Å²) in [5.41, 5.74) is 6.57. The molecule has 0 saturated carbocycles. The van der Waals surface area contributed by atoms with Crippen LogP contribution in [0.1, 0.15) is 22.5 Å². The standard InChI is InChI=1S/C22H21BrN2O3/c1-14-4-5-15(2)22(16(14)3)27-13-21(26)25-24-12-19-10-11-20(28-19)17-6-8-18(23)9-7-17/h4-12H,13H2,1-3H3,(H,25,26)/b24-12+. The maximum absolute atomic E-state index is 12.0. The first-order valence-electron chi connectivity index (χ1n) is 8.81. The van der Waals surface area contributed by atoms with Crippen LogP contribution in [-0.2, 0) is 4.79 Å². The van der Waals surface area contributed by atoms with Gasteiger partial charge in [0.05, 0.1) is 6.21 Å². The quantitative estimate of drug-likeness (QED) is 0.425. The largest absolute Gasteiger partial charge is 0.483 e. The maximum atomic E-state index is 12.0. The summed E-state index contributed by atoms with van der Waals surface area (Å²) in [4.78, 5) is 12.0. The van der Waals surface area contributed by atoms with Gasteiger partial charge in [0, 0.05) is 10.0 Å². The van der Waals surface area contributed by atoms with E-state index in [-0.39, 0.29) is 12.5 Å². The molecule has 28 heavy (non-hydrogen) atoms. The summed E-state index contributed by atoms with van der Waals surface area (Å²) in [6.07, 6.45) is 1.46. The van der Waals surface area contributed by atoms with E-state index in [0.29, 0.717) is 5.76 Å². The van der Waals surface area contributed by atoms with Crippen molar-refractivity contribution in [2.45, 2.75) is 20.8 Å². The Labute approximate surface area is 172 Å². The molecule has 6 heteroatoms. The average Bonchev–Trinajstić information content (AvgIpc) is 3.14. The first kappa shape index (κ1) is 19.9. The first-order chi connectivity index (χ1) is 13.4. The van der Waals surface area contributed by atoms with Crippen LogP contribution in [0, 0.1) is 20.8 Å². The molecular weight excluding hydrogens is 420 g/mol. The van der Waals surface area contributed by atoms with E-state index in [1.54, 1.807) is 6.07 Å². The Morgan fingerprint density at radius 3 is 2.54 bits per heavy atom. The van der Waals surface area contributed by atoms with E-state index >= 15 is 0 Å². The van der Waals surface area contributed by atoms with Crippen LogP contribution in [0.15, 0.2) is 62.5 Å². The third-order valence-electron chi connectivity index (χ3n) is 4.36. The maximum Gasteiger partial charge on any atom is 0.277 e. The Kier molecular flexibility index (Phi) is 6.31. The molecular formula is C22H21BrN2O3. The van der Waals surface area contributed by atoms with E-state index < -0.39 is 0 Å². The van der Waals surface area contributed by atoms with Crippen LogP contribution in [0.5, 0.6) is 5.75 Å². The van der Waals surface area contributed by atoms with Crippen molar-refractivity contribution >= 4 is 28.1 Å². The fourth-order valence-corrected chi connectivity index (χ4v) is 2.94. The van der Waals surface area contributed by atoms with Gasteiger partial charge < -0.3 is 9.15 Å². The van der Waals surface area contributed by atoms with Crippen molar-refractivity contribution in [2.24, 2.45) is 5.10 Å². The van der Waals surface area contributed by atoms with Gasteiger partial charge in [-0.15, -0.1) is 0 Å². The summed E-state index contributed by atoms with van der Waals surface area (Å²) in [5.74, 6) is 1.68. The van der Waals surface area contributed by atoms with Crippen molar-refractivity contribution in [3.63, 3.8) is 0 Å². The van der Waals surface area contributed by atoms with Crippen molar-refractivity contribution < 1.29 is 13.9 Å². The number of aryl methyl sites for hydroxylation is 2. The zero-order chi connectivity index (χ0) is 20.1. The van der Waals surface area contributed by atoms with Gasteiger partial charge in [-0.25, -0.2) is 5.43 Å². The van der Waals surface area contributed by atoms with Crippen LogP contribution >= 0.6 is 15.9 Å². The van der Waals surface area contributed by atoms with Gasteiger partial charge in [-0.05, 0) is 61.7 Å². The molecule has 0 spiro atoms. The Morgan fingerprint density at radius 2 is 1.79 bits per heavy atom. The topological polar surface area (TPSA) is 63.8 Å². The van der Waals surface area contributed by atoms with Crippen molar-refractivity contribution in [2.75, 3.05) is 6.61 Å². The van der Waals surface area contributed by atoms with Gasteiger partial charge in [-0.3, -0.25) is 4.79 Å². The molecule has 0 aliphatic rings. The lowest BCUT2D eigenvalue weighted by atomic mass is 10.1. The van der Waals surface area contributed by atoms with E-state index in [9.17, 15) is 4.79 Å². The molecule has 2 aromatic carbocycles. The molecule has 144 valence electrons. The molecule has 1 N–H and O–H groups in total. The zero-order valence-electron chi connectivity index (χ0n) is 16.0. The Morgan fingerprint density at radius 1 is 1.07 bits per heavy atom. The lowest BCUT2D eigenvalue weighted by Gasteiger charge is -2.13. The molecule has 1 aromatic heterocycles. The summed E-state index contributed by atoms with van der Waals surface area (Å²) >= 11 is 3.41. The van der Waals surface area contributed by atoms with Gasteiger partial charge in [0.25, 0.3) is 5.91 Å². The van der Waals surface area contributed by atoms with E-state index in [1.165, 1.54) is 6.21 Å². The predicted molar refractivity (Wildman–Crippen MR) is 114 cm³/mol. The highest BCUT2D eigenvalue weighted by molar-refractivity contribution is 9.10. The summed E-state index contributed by atoms with van der Waals surface area (Å²) in [7, 11) is 0. The third-order valence-corrected chi connectivity index (χ3v) is 4.89. The number of nitrogens with one attached hydrogen (secondary N) is 1. The molecule has 0 radical (unpaired) electrons. The van der Waals surface area contributed by atoms with Crippen molar-refractivity contribution in [1.29, 1.82) is 0 Å². The number of ether oxygens (including phenoxy) is 1. The van der Waals surface area contributed by atoms with Gasteiger partial charge in [0.15, 0.2) is 6.61 Å². The number of hydrazone groups is 1. The number of hydrogen-bond acceptors (Lipinski definition) is 4. The van der Waals surface area contributed by atoms with Crippen LogP contribution < -0.4 is 10.2 Å². The van der Waals surface area contributed by atoms with Crippen molar-refractivity contribution in [1.82, 2.24) is 5.43 Å². The monoisotopic (exact) mass is 440 g/mol. The van der Waals surface area contributed by atoms with Crippen molar-refractivity contribution in [3.8, 4) is 17.1 Å². The highest BCUT2D eigenvalue weighted by atomic mass is 79.9. The van der Waals surface area contributed by atoms with Crippen LogP contribution in [0.25, 0.3) is 11.3 Å². The van der Waals surface area contributed by atoms with Gasteiger partial charge in [-0.1, -0.05) is 40.2 Å². The van der Waals surface area contributed by atoms with Gasteiger partial charge in [0.2, 0.25) is 0 Å². The van der Waals surface area contributed by atoms with E-state index in [0.717, 1.165) is 38.2 Å². The van der Waals surface area contributed by atoms with Crippen LogP contribution in [0.4, 0.5) is 0 Å². The second-order valence-corrected chi connectivity index (χ2v) is 7.36. The van der Waals surface area contributed by atoms with Gasteiger partial charge >= 0.3 is 0 Å². The number of rotatable bonds is 6. The molecule has 3 aromatic rings. The first-order valence-corrected chi connectivity index (χ1v) is 9.60. The minimum atomic E-state index is -0.337. The molecule has 3 rings (SSSR count). The molecule has 1 heterocycles. The molecule has 1 amide bonds. The number of furan rings is 1. The number of nitrogens with zero attached hydrogens (tertiary/aromatic N) is 1. The smallest absolute Gasteiger partial charge is 0.277 e. The number of carbonyl (C=O) groups is 1. The normalized spacial score (nSPS) is 11.0.